The Balaban J connectivity index is 1.18. The standard InChI is InChI=1S/C57H36N2/c1-3-19-39(20-4-1)58(40-21-5-2-6-22-40)51-35-33-50-54-46(51)32-34-53-56(54)55-49(57(50)47-28-11-9-25-44(47)45-26-10-12-29-48(45)57)30-15-31-52(55)59(53)41-23-13-18-38(36-41)43-27-14-17-37-16-7-8-24-42(37)43/h1-36H. The molecule has 59 heavy (non-hydrogen) atoms. The first-order chi connectivity index (χ1) is 29.3. The number of hydrogen-bond donors (Lipinski definition) is 0. The van der Waals surface area contributed by atoms with Gasteiger partial charge in [0.15, 0.2) is 0 Å². The van der Waals surface area contributed by atoms with Crippen LogP contribution in [0.2, 0.25) is 0 Å². The van der Waals surface area contributed by atoms with Gasteiger partial charge in [0.2, 0.25) is 0 Å². The van der Waals surface area contributed by atoms with E-state index in [0.717, 1.165) is 22.7 Å². The Morgan fingerprint density at radius 2 is 0.932 bits per heavy atom. The van der Waals surface area contributed by atoms with E-state index in [-0.39, 0.29) is 0 Å². The maximum absolute atomic E-state index is 2.52. The summed E-state index contributed by atoms with van der Waals surface area (Å²) in [4.78, 5) is 2.43. The van der Waals surface area contributed by atoms with Crippen molar-refractivity contribution in [2.75, 3.05) is 4.90 Å². The fourth-order valence-electron chi connectivity index (χ4n) is 10.9. The molecule has 274 valence electrons. The van der Waals surface area contributed by atoms with E-state index >= 15 is 0 Å². The lowest BCUT2D eigenvalue weighted by atomic mass is 9.63. The maximum atomic E-state index is 2.52. The van der Waals surface area contributed by atoms with Gasteiger partial charge in [0.1, 0.15) is 0 Å². The van der Waals surface area contributed by atoms with E-state index in [4.69, 9.17) is 0 Å². The molecule has 1 aromatic heterocycles. The molecule has 13 rings (SSSR count). The minimum atomic E-state index is -0.508. The maximum Gasteiger partial charge on any atom is 0.0726 e. The van der Waals surface area contributed by atoms with Gasteiger partial charge in [0.05, 0.1) is 22.1 Å². The fourth-order valence-corrected chi connectivity index (χ4v) is 10.9. The lowest BCUT2D eigenvalue weighted by Gasteiger charge is -2.38. The van der Waals surface area contributed by atoms with Gasteiger partial charge in [-0.2, -0.15) is 0 Å². The highest BCUT2D eigenvalue weighted by Gasteiger charge is 2.50. The molecule has 2 aliphatic carbocycles. The Labute approximate surface area is 342 Å². The lowest BCUT2D eigenvalue weighted by Crippen LogP contribution is -2.30. The van der Waals surface area contributed by atoms with Gasteiger partial charge in [0.25, 0.3) is 0 Å². The average molecular weight is 749 g/mol. The molecule has 2 nitrogen and oxygen atoms in total. The van der Waals surface area contributed by atoms with Crippen LogP contribution in [0, 0.1) is 0 Å². The summed E-state index contributed by atoms with van der Waals surface area (Å²) in [6.07, 6.45) is 0. The largest absolute Gasteiger partial charge is 0.310 e. The molecule has 0 amide bonds. The molecule has 0 N–H and O–H groups in total. The number of rotatable bonds is 5. The monoisotopic (exact) mass is 748 g/mol. The molecule has 2 aliphatic rings. The molecule has 0 bridgehead atoms. The SMILES string of the molecule is c1ccc(N(c2ccccc2)c2ccc3c4c2ccc2c4c4c(cccc4n2-c2cccc(-c4cccc5ccccc45)c2)C32c3ccccc3-c3ccccc32)cc1. The summed E-state index contributed by atoms with van der Waals surface area (Å²) in [5.41, 5.74) is 17.0. The van der Waals surface area contributed by atoms with Crippen molar-refractivity contribution in [2.45, 2.75) is 5.41 Å². The third-order valence-electron chi connectivity index (χ3n) is 13.1. The predicted molar refractivity (Wildman–Crippen MR) is 247 cm³/mol. The van der Waals surface area contributed by atoms with Crippen LogP contribution in [0.15, 0.2) is 218 Å². The first kappa shape index (κ1) is 32.4. The summed E-state index contributed by atoms with van der Waals surface area (Å²) in [5, 5.41) is 7.71. The molecule has 0 fully saturated rings. The minimum Gasteiger partial charge on any atom is -0.310 e. The van der Waals surface area contributed by atoms with E-state index in [1.165, 1.54) is 87.9 Å². The van der Waals surface area contributed by atoms with Gasteiger partial charge in [-0.05, 0) is 115 Å². The van der Waals surface area contributed by atoms with Gasteiger partial charge < -0.3 is 9.47 Å². The summed E-state index contributed by atoms with van der Waals surface area (Å²) in [5.74, 6) is 0. The summed E-state index contributed by atoms with van der Waals surface area (Å²) >= 11 is 0. The molecule has 0 aliphatic heterocycles. The van der Waals surface area contributed by atoms with Crippen molar-refractivity contribution in [3.8, 4) is 27.9 Å². The summed E-state index contributed by atoms with van der Waals surface area (Å²) in [6, 6.07) is 81.0. The lowest BCUT2D eigenvalue weighted by molar-refractivity contribution is 0.783. The molecule has 0 saturated carbocycles. The number of nitrogens with zero attached hydrogens (tertiary/aromatic N) is 2. The predicted octanol–water partition coefficient (Wildman–Crippen LogP) is 14.9. The smallest absolute Gasteiger partial charge is 0.0726 e. The minimum absolute atomic E-state index is 0.508. The van der Waals surface area contributed by atoms with E-state index in [1.807, 2.05) is 0 Å². The van der Waals surface area contributed by atoms with E-state index in [2.05, 4.69) is 228 Å². The van der Waals surface area contributed by atoms with Crippen LogP contribution in [-0.2, 0) is 5.41 Å². The second-order valence-corrected chi connectivity index (χ2v) is 16.0. The molecule has 1 heterocycles. The fraction of sp³-hybridized carbons (Fsp3) is 0.0175. The quantitative estimate of drug-likeness (QED) is 0.170. The van der Waals surface area contributed by atoms with Crippen molar-refractivity contribution < 1.29 is 0 Å². The van der Waals surface area contributed by atoms with Crippen LogP contribution in [0.3, 0.4) is 0 Å². The van der Waals surface area contributed by atoms with Gasteiger partial charge in [-0.1, -0.05) is 164 Å². The Morgan fingerprint density at radius 3 is 1.69 bits per heavy atom. The molecule has 1 spiro atoms. The van der Waals surface area contributed by atoms with Crippen LogP contribution in [0.4, 0.5) is 17.1 Å². The summed E-state index contributed by atoms with van der Waals surface area (Å²) in [7, 11) is 0. The molecule has 10 aromatic carbocycles. The van der Waals surface area contributed by atoms with E-state index < -0.39 is 5.41 Å². The summed E-state index contributed by atoms with van der Waals surface area (Å²) in [6.45, 7) is 0. The second kappa shape index (κ2) is 12.2. The number of hydrogen-bond acceptors (Lipinski definition) is 1. The van der Waals surface area contributed by atoms with Crippen LogP contribution < -0.4 is 4.90 Å². The van der Waals surface area contributed by atoms with Crippen molar-refractivity contribution in [3.63, 3.8) is 0 Å². The molecule has 0 atom stereocenters. The van der Waals surface area contributed by atoms with E-state index in [1.54, 1.807) is 0 Å². The van der Waals surface area contributed by atoms with Crippen molar-refractivity contribution in [2.24, 2.45) is 0 Å². The van der Waals surface area contributed by atoms with E-state index in [9.17, 15) is 0 Å². The molecule has 11 aromatic rings. The van der Waals surface area contributed by atoms with Gasteiger partial charge >= 0.3 is 0 Å². The number of benzene rings is 10. The molecule has 0 unspecified atom stereocenters. The van der Waals surface area contributed by atoms with Crippen LogP contribution in [0.5, 0.6) is 0 Å². The highest BCUT2D eigenvalue weighted by molar-refractivity contribution is 6.28. The van der Waals surface area contributed by atoms with Gasteiger partial charge in [-0.3, -0.25) is 0 Å². The zero-order chi connectivity index (χ0) is 38.7. The average Bonchev–Trinajstić information content (AvgIpc) is 3.81. The third-order valence-corrected chi connectivity index (χ3v) is 13.1. The van der Waals surface area contributed by atoms with Crippen molar-refractivity contribution in [1.29, 1.82) is 0 Å². The first-order valence-corrected chi connectivity index (χ1v) is 20.5. The van der Waals surface area contributed by atoms with Crippen LogP contribution in [0.25, 0.3) is 71.3 Å². The third kappa shape index (κ3) is 4.30. The number of anilines is 3. The summed E-state index contributed by atoms with van der Waals surface area (Å²) < 4.78 is 2.52. The van der Waals surface area contributed by atoms with Gasteiger partial charge in [-0.15, -0.1) is 0 Å². The molecule has 0 radical (unpaired) electrons. The van der Waals surface area contributed by atoms with Crippen LogP contribution >= 0.6 is 0 Å². The number of aromatic nitrogens is 1. The van der Waals surface area contributed by atoms with Crippen LogP contribution in [-0.4, -0.2) is 4.57 Å². The van der Waals surface area contributed by atoms with Crippen molar-refractivity contribution in [3.05, 3.63) is 241 Å². The Bertz CT molecular complexity index is 3410. The highest BCUT2D eigenvalue weighted by atomic mass is 15.1. The topological polar surface area (TPSA) is 8.17 Å². The first-order valence-electron chi connectivity index (χ1n) is 20.5. The molecular formula is C57H36N2. The van der Waals surface area contributed by atoms with Gasteiger partial charge in [-0.25, -0.2) is 0 Å². The molecule has 0 saturated heterocycles. The Kier molecular flexibility index (Phi) is 6.68. The van der Waals surface area contributed by atoms with E-state index in [0.29, 0.717) is 0 Å². The van der Waals surface area contributed by atoms with Gasteiger partial charge in [0, 0.05) is 33.2 Å². The molecule has 2 heteroatoms. The normalized spacial score (nSPS) is 13.2. The highest BCUT2D eigenvalue weighted by Crippen LogP contribution is 2.63. The van der Waals surface area contributed by atoms with Crippen molar-refractivity contribution >= 4 is 60.4 Å². The second-order valence-electron chi connectivity index (χ2n) is 16.0. The van der Waals surface area contributed by atoms with Crippen molar-refractivity contribution in [1.82, 2.24) is 4.57 Å². The Hall–Kier alpha value is -7.68. The number of para-hydroxylation sites is 2. The Morgan fingerprint density at radius 1 is 0.356 bits per heavy atom. The van der Waals surface area contributed by atoms with Crippen LogP contribution in [0.1, 0.15) is 22.3 Å². The zero-order valence-electron chi connectivity index (χ0n) is 32.2. The number of fused-ring (bicyclic) bond motifs is 8. The zero-order valence-corrected chi connectivity index (χ0v) is 32.2. The molecular weight excluding hydrogens is 713 g/mol.